The highest BCUT2D eigenvalue weighted by molar-refractivity contribution is 7.92. The summed E-state index contributed by atoms with van der Waals surface area (Å²) < 4.78 is 37.6. The van der Waals surface area contributed by atoms with Crippen molar-refractivity contribution in [1.82, 2.24) is 10.6 Å². The molecule has 0 amide bonds. The summed E-state index contributed by atoms with van der Waals surface area (Å²) in [5, 5.41) is 6.23. The van der Waals surface area contributed by atoms with E-state index in [0.29, 0.717) is 32.3 Å². The summed E-state index contributed by atoms with van der Waals surface area (Å²) >= 11 is 0. The monoisotopic (exact) mass is 420 g/mol. The third-order valence-corrected chi connectivity index (χ3v) is 6.41. The van der Waals surface area contributed by atoms with Gasteiger partial charge in [0.2, 0.25) is 10.0 Å². The van der Waals surface area contributed by atoms with Crippen LogP contribution in [-0.4, -0.2) is 53.4 Å². The number of hydrogen-bond acceptors (Lipinski definition) is 5. The summed E-state index contributed by atoms with van der Waals surface area (Å²) in [5.41, 5.74) is 1.88. The van der Waals surface area contributed by atoms with Gasteiger partial charge in [0.15, 0.2) is 5.96 Å². The van der Waals surface area contributed by atoms with Gasteiger partial charge in [0.05, 0.1) is 17.7 Å². The van der Waals surface area contributed by atoms with Crippen LogP contribution in [-0.2, 0) is 27.8 Å². The van der Waals surface area contributed by atoms with Crippen LogP contribution < -0.4 is 14.9 Å². The number of ether oxygens (including phenoxy) is 1. The minimum absolute atomic E-state index is 0.00823. The van der Waals surface area contributed by atoms with E-state index >= 15 is 0 Å². The molecule has 0 fully saturated rings. The van der Waals surface area contributed by atoms with E-state index in [4.69, 9.17) is 9.15 Å². The summed E-state index contributed by atoms with van der Waals surface area (Å²) in [4.78, 5) is 4.13. The predicted octanol–water partition coefficient (Wildman–Crippen LogP) is 1.74. The molecule has 2 N–H and O–H groups in total. The summed E-state index contributed by atoms with van der Waals surface area (Å²) in [6, 6.07) is 11.4. The van der Waals surface area contributed by atoms with Gasteiger partial charge in [-0.2, -0.15) is 0 Å². The normalized spacial score (nSPS) is 14.1. The zero-order valence-corrected chi connectivity index (χ0v) is 17.5. The molecule has 8 nitrogen and oxygen atoms in total. The fraction of sp³-hybridized carbons (Fsp3) is 0.450. The number of nitrogens with one attached hydrogen (secondary N) is 2. The van der Waals surface area contributed by atoms with E-state index in [-0.39, 0.29) is 12.3 Å². The maximum absolute atomic E-state index is 12.7. The van der Waals surface area contributed by atoms with Crippen molar-refractivity contribution in [2.24, 2.45) is 4.99 Å². The third-order valence-electron chi connectivity index (χ3n) is 4.64. The van der Waals surface area contributed by atoms with Gasteiger partial charge < -0.3 is 19.8 Å². The number of hydrogen-bond donors (Lipinski definition) is 2. The molecular formula is C20H28N4O4S. The Hall–Kier alpha value is -2.52. The van der Waals surface area contributed by atoms with Gasteiger partial charge in [-0.25, -0.2) is 8.42 Å². The molecule has 9 heteroatoms. The molecule has 0 unspecified atom stereocenters. The molecule has 1 aromatic carbocycles. The van der Waals surface area contributed by atoms with Crippen molar-refractivity contribution in [3.63, 3.8) is 0 Å². The van der Waals surface area contributed by atoms with E-state index in [2.05, 4.69) is 15.6 Å². The molecule has 1 aliphatic rings. The van der Waals surface area contributed by atoms with Crippen LogP contribution in [0.2, 0.25) is 0 Å². The van der Waals surface area contributed by atoms with Gasteiger partial charge in [-0.15, -0.1) is 0 Å². The number of para-hydroxylation sites is 1. The van der Waals surface area contributed by atoms with Gasteiger partial charge in [-0.3, -0.25) is 9.30 Å². The van der Waals surface area contributed by atoms with E-state index in [0.717, 1.165) is 29.9 Å². The number of nitrogens with zero attached hydrogens (tertiary/aromatic N) is 2. The summed E-state index contributed by atoms with van der Waals surface area (Å²) in [5.74, 6) is 1.39. The number of anilines is 1. The Morgan fingerprint density at radius 3 is 2.83 bits per heavy atom. The van der Waals surface area contributed by atoms with Crippen LogP contribution in [0, 0.1) is 0 Å². The van der Waals surface area contributed by atoms with Crippen LogP contribution in [0.5, 0.6) is 0 Å². The molecule has 3 rings (SSSR count). The van der Waals surface area contributed by atoms with Gasteiger partial charge in [0, 0.05) is 33.3 Å². The molecule has 1 aromatic heterocycles. The molecule has 158 valence electrons. The quantitative estimate of drug-likeness (QED) is 0.345. The SMILES string of the molecule is CN=C(NCCCOCc1ccco1)NCCS(=O)(=O)N1CCc2ccccc21. The number of guanidine groups is 1. The molecule has 2 heterocycles. The Labute approximate surface area is 172 Å². The van der Waals surface area contributed by atoms with E-state index in [1.165, 1.54) is 4.31 Å². The Kier molecular flexibility index (Phi) is 7.54. The van der Waals surface area contributed by atoms with Crippen molar-refractivity contribution < 1.29 is 17.6 Å². The summed E-state index contributed by atoms with van der Waals surface area (Å²) in [7, 11) is -1.71. The van der Waals surface area contributed by atoms with Crippen LogP contribution in [0.15, 0.2) is 52.1 Å². The number of sulfonamides is 1. The van der Waals surface area contributed by atoms with Crippen LogP contribution in [0.3, 0.4) is 0 Å². The summed E-state index contributed by atoms with van der Waals surface area (Å²) in [6.07, 6.45) is 3.18. The molecule has 0 radical (unpaired) electrons. The lowest BCUT2D eigenvalue weighted by molar-refractivity contribution is 0.105. The molecule has 29 heavy (non-hydrogen) atoms. The Morgan fingerprint density at radius 2 is 2.03 bits per heavy atom. The van der Waals surface area contributed by atoms with Crippen molar-refractivity contribution in [2.45, 2.75) is 19.4 Å². The van der Waals surface area contributed by atoms with Crippen LogP contribution in [0.1, 0.15) is 17.7 Å². The molecule has 0 atom stereocenters. The zero-order valence-electron chi connectivity index (χ0n) is 16.6. The first-order chi connectivity index (χ1) is 14.1. The average molecular weight is 421 g/mol. The van der Waals surface area contributed by atoms with Crippen LogP contribution in [0.4, 0.5) is 5.69 Å². The van der Waals surface area contributed by atoms with Gasteiger partial charge in [0.25, 0.3) is 0 Å². The highest BCUT2D eigenvalue weighted by Crippen LogP contribution is 2.29. The van der Waals surface area contributed by atoms with Crippen molar-refractivity contribution in [3.05, 3.63) is 54.0 Å². The molecular weight excluding hydrogens is 392 g/mol. The lowest BCUT2D eigenvalue weighted by atomic mass is 10.2. The zero-order chi connectivity index (χ0) is 20.5. The number of fused-ring (bicyclic) bond motifs is 1. The van der Waals surface area contributed by atoms with Gasteiger partial charge >= 0.3 is 0 Å². The fourth-order valence-electron chi connectivity index (χ4n) is 3.17. The first kappa shape index (κ1) is 21.2. The largest absolute Gasteiger partial charge is 0.467 e. The Balaban J connectivity index is 1.34. The Morgan fingerprint density at radius 1 is 1.21 bits per heavy atom. The predicted molar refractivity (Wildman–Crippen MR) is 114 cm³/mol. The molecule has 0 aliphatic carbocycles. The second-order valence-electron chi connectivity index (χ2n) is 6.68. The first-order valence-electron chi connectivity index (χ1n) is 9.73. The molecule has 0 saturated heterocycles. The third kappa shape index (κ3) is 5.98. The second-order valence-corrected chi connectivity index (χ2v) is 8.69. The van der Waals surface area contributed by atoms with Crippen molar-refractivity contribution in [2.75, 3.05) is 43.3 Å². The number of benzene rings is 1. The number of aliphatic imine (C=N–C) groups is 1. The first-order valence-corrected chi connectivity index (χ1v) is 11.3. The minimum Gasteiger partial charge on any atom is -0.467 e. The van der Waals surface area contributed by atoms with Crippen LogP contribution in [0.25, 0.3) is 0 Å². The summed E-state index contributed by atoms with van der Waals surface area (Å²) in [6.45, 7) is 2.51. The topological polar surface area (TPSA) is 96.2 Å². The van der Waals surface area contributed by atoms with Crippen molar-refractivity contribution >= 4 is 21.7 Å². The Bertz CT molecular complexity index is 897. The molecule has 1 aliphatic heterocycles. The lowest BCUT2D eigenvalue weighted by Crippen LogP contribution is -2.42. The van der Waals surface area contributed by atoms with E-state index in [9.17, 15) is 8.42 Å². The van der Waals surface area contributed by atoms with Crippen molar-refractivity contribution in [3.8, 4) is 0 Å². The van der Waals surface area contributed by atoms with E-state index in [1.54, 1.807) is 13.3 Å². The standard InChI is InChI=1S/C20H28N4O4S/c1-21-20(22-10-5-13-27-16-18-7-4-14-28-18)23-11-15-29(25,26)24-12-9-17-6-2-3-8-19(17)24/h2-4,6-8,14H,5,9-13,15-16H2,1H3,(H2,21,22,23). The van der Waals surface area contributed by atoms with Gasteiger partial charge in [-0.05, 0) is 36.6 Å². The van der Waals surface area contributed by atoms with Crippen LogP contribution >= 0.6 is 0 Å². The maximum atomic E-state index is 12.7. The highest BCUT2D eigenvalue weighted by atomic mass is 32.2. The number of furan rings is 1. The molecule has 0 spiro atoms. The number of rotatable bonds is 10. The van der Waals surface area contributed by atoms with E-state index in [1.807, 2.05) is 36.4 Å². The minimum atomic E-state index is -3.37. The molecule has 2 aromatic rings. The smallest absolute Gasteiger partial charge is 0.236 e. The van der Waals surface area contributed by atoms with E-state index < -0.39 is 10.0 Å². The van der Waals surface area contributed by atoms with Gasteiger partial charge in [-0.1, -0.05) is 18.2 Å². The lowest BCUT2D eigenvalue weighted by Gasteiger charge is -2.20. The highest BCUT2D eigenvalue weighted by Gasteiger charge is 2.28. The second kappa shape index (κ2) is 10.3. The molecule has 0 bridgehead atoms. The average Bonchev–Trinajstić information content (AvgIpc) is 3.39. The van der Waals surface area contributed by atoms with Crippen molar-refractivity contribution in [1.29, 1.82) is 0 Å². The van der Waals surface area contributed by atoms with Gasteiger partial charge in [0.1, 0.15) is 12.4 Å². The maximum Gasteiger partial charge on any atom is 0.236 e. The molecule has 0 saturated carbocycles. The fourth-order valence-corrected chi connectivity index (χ4v) is 4.60.